The van der Waals surface area contributed by atoms with Crippen molar-refractivity contribution in [3.63, 3.8) is 0 Å². The first kappa shape index (κ1) is 25.0. The highest BCUT2D eigenvalue weighted by Crippen LogP contribution is 2.60. The summed E-state index contributed by atoms with van der Waals surface area (Å²) in [7, 11) is 1.49. The molecule has 4 aromatic rings. The molecule has 0 spiro atoms. The Balaban J connectivity index is 1.83. The first-order valence-electron chi connectivity index (χ1n) is 12.8. The first-order chi connectivity index (χ1) is 18.6. The molecular formula is C33H29F2NO3. The van der Waals surface area contributed by atoms with E-state index < -0.39 is 17.2 Å². The van der Waals surface area contributed by atoms with Crippen LogP contribution in [0, 0.1) is 11.6 Å². The lowest BCUT2D eigenvalue weighted by Crippen LogP contribution is -2.44. The Morgan fingerprint density at radius 1 is 0.949 bits per heavy atom. The smallest absolute Gasteiger partial charge is 0.185 e. The number of fused-ring (bicyclic) bond motifs is 5. The minimum Gasteiger partial charge on any atom is -0.504 e. The second-order valence-corrected chi connectivity index (χ2v) is 10.7. The van der Waals surface area contributed by atoms with Gasteiger partial charge in [-0.2, -0.15) is 0 Å². The highest BCUT2D eigenvalue weighted by molar-refractivity contribution is 5.89. The molecule has 2 unspecified atom stereocenters. The number of hydrogen-bond acceptors (Lipinski definition) is 4. The van der Waals surface area contributed by atoms with Crippen LogP contribution in [0.3, 0.4) is 0 Å². The molecule has 2 N–H and O–H groups in total. The molecule has 0 amide bonds. The van der Waals surface area contributed by atoms with Gasteiger partial charge in [-0.3, -0.25) is 0 Å². The van der Waals surface area contributed by atoms with Gasteiger partial charge in [0.25, 0.3) is 0 Å². The lowest BCUT2D eigenvalue weighted by Gasteiger charge is -2.47. The molecule has 0 aromatic heterocycles. The maximum absolute atomic E-state index is 14.9. The lowest BCUT2D eigenvalue weighted by atomic mass is 9.67. The van der Waals surface area contributed by atoms with E-state index in [2.05, 4.69) is 32.7 Å². The number of benzene rings is 4. The molecule has 2 aliphatic rings. The first-order valence-corrected chi connectivity index (χ1v) is 12.8. The van der Waals surface area contributed by atoms with Gasteiger partial charge in [-0.25, -0.2) is 8.78 Å². The Bertz CT molecular complexity index is 1630. The molecule has 2 heterocycles. The van der Waals surface area contributed by atoms with Crippen molar-refractivity contribution in [2.75, 3.05) is 12.4 Å². The van der Waals surface area contributed by atoms with Gasteiger partial charge < -0.3 is 19.9 Å². The second-order valence-electron chi connectivity index (χ2n) is 10.7. The summed E-state index contributed by atoms with van der Waals surface area (Å²) in [5.74, 6) is -0.912. The highest BCUT2D eigenvalue weighted by atomic mass is 19.1. The molecule has 0 radical (unpaired) electrons. The van der Waals surface area contributed by atoms with E-state index in [0.29, 0.717) is 28.0 Å². The summed E-state index contributed by atoms with van der Waals surface area (Å²) in [6, 6.07) is 20.0. The van der Waals surface area contributed by atoms with E-state index in [0.717, 1.165) is 28.5 Å². The van der Waals surface area contributed by atoms with Gasteiger partial charge in [0.1, 0.15) is 17.4 Å². The van der Waals surface area contributed by atoms with Crippen molar-refractivity contribution in [1.29, 1.82) is 0 Å². The Kier molecular flexibility index (Phi) is 5.51. The predicted octanol–water partition coefficient (Wildman–Crippen LogP) is 7.89. The minimum atomic E-state index is -1.43. The number of aromatic hydroxyl groups is 1. The summed E-state index contributed by atoms with van der Waals surface area (Å²) in [6.45, 7) is 10.7. The van der Waals surface area contributed by atoms with E-state index in [4.69, 9.17) is 9.47 Å². The lowest BCUT2D eigenvalue weighted by molar-refractivity contribution is 0.148. The number of phenolic OH excluding ortho intramolecular Hbond substituents is 1. The van der Waals surface area contributed by atoms with Gasteiger partial charge in [-0.15, -0.1) is 0 Å². The van der Waals surface area contributed by atoms with Crippen LogP contribution in [0.5, 0.6) is 17.2 Å². The summed E-state index contributed by atoms with van der Waals surface area (Å²) in [6.07, 6.45) is 0. The number of halogens is 2. The third-order valence-corrected chi connectivity index (χ3v) is 8.09. The maximum Gasteiger partial charge on any atom is 0.185 e. The van der Waals surface area contributed by atoms with Crippen molar-refractivity contribution in [1.82, 2.24) is 0 Å². The molecule has 2 aliphatic heterocycles. The van der Waals surface area contributed by atoms with Crippen LogP contribution in [0.2, 0.25) is 0 Å². The maximum atomic E-state index is 14.9. The average Bonchev–Trinajstić information content (AvgIpc) is 2.90. The van der Waals surface area contributed by atoms with Crippen molar-refractivity contribution in [3.8, 4) is 28.4 Å². The molecular weight excluding hydrogens is 496 g/mol. The number of hydrogen-bond donors (Lipinski definition) is 2. The van der Waals surface area contributed by atoms with Crippen molar-refractivity contribution in [2.24, 2.45) is 0 Å². The third kappa shape index (κ3) is 3.54. The van der Waals surface area contributed by atoms with Crippen LogP contribution in [0.15, 0.2) is 84.9 Å². The highest BCUT2D eigenvalue weighted by Gasteiger charge is 2.50. The minimum absolute atomic E-state index is 0.0377. The molecule has 4 nitrogen and oxygen atoms in total. The summed E-state index contributed by atoms with van der Waals surface area (Å²) in [4.78, 5) is 0. The number of nitrogens with one attached hydrogen (secondary N) is 1. The quantitative estimate of drug-likeness (QED) is 0.267. The molecule has 4 aromatic carbocycles. The predicted molar refractivity (Wildman–Crippen MR) is 149 cm³/mol. The van der Waals surface area contributed by atoms with Crippen LogP contribution < -0.4 is 14.8 Å². The van der Waals surface area contributed by atoms with E-state index in [9.17, 15) is 13.9 Å². The molecule has 0 saturated carbocycles. The van der Waals surface area contributed by atoms with Crippen molar-refractivity contribution in [2.45, 2.75) is 37.8 Å². The molecule has 198 valence electrons. The largest absolute Gasteiger partial charge is 0.504 e. The van der Waals surface area contributed by atoms with Gasteiger partial charge in [-0.05, 0) is 60.9 Å². The third-order valence-electron chi connectivity index (χ3n) is 8.09. The van der Waals surface area contributed by atoms with Crippen LogP contribution in [0.25, 0.3) is 11.1 Å². The van der Waals surface area contributed by atoms with Crippen LogP contribution >= 0.6 is 0 Å². The van der Waals surface area contributed by atoms with Crippen LogP contribution in [-0.4, -0.2) is 17.8 Å². The van der Waals surface area contributed by atoms with Gasteiger partial charge in [-0.1, -0.05) is 49.9 Å². The van der Waals surface area contributed by atoms with E-state index in [1.54, 1.807) is 6.07 Å². The van der Waals surface area contributed by atoms with Crippen molar-refractivity contribution in [3.05, 3.63) is 119 Å². The Morgan fingerprint density at radius 3 is 2.31 bits per heavy atom. The summed E-state index contributed by atoms with van der Waals surface area (Å²) < 4.78 is 42.4. The van der Waals surface area contributed by atoms with Crippen molar-refractivity contribution >= 4 is 5.69 Å². The van der Waals surface area contributed by atoms with E-state index >= 15 is 0 Å². The summed E-state index contributed by atoms with van der Waals surface area (Å²) in [5.41, 5.74) is 3.95. The fraction of sp³-hybridized carbons (Fsp3) is 0.212. The van der Waals surface area contributed by atoms with Gasteiger partial charge in [0, 0.05) is 34.4 Å². The Hall–Kier alpha value is -4.32. The zero-order valence-electron chi connectivity index (χ0n) is 22.2. The van der Waals surface area contributed by atoms with Crippen LogP contribution in [0.4, 0.5) is 14.5 Å². The average molecular weight is 526 g/mol. The summed E-state index contributed by atoms with van der Waals surface area (Å²) in [5, 5.41) is 14.3. The second kappa shape index (κ2) is 8.60. The molecule has 2 atom stereocenters. The number of rotatable bonds is 3. The molecule has 39 heavy (non-hydrogen) atoms. The van der Waals surface area contributed by atoms with Crippen LogP contribution in [0.1, 0.15) is 48.9 Å². The number of methoxy groups -OCH3 is 1. The Labute approximate surface area is 226 Å². The molecule has 0 aliphatic carbocycles. The molecule has 0 bridgehead atoms. The topological polar surface area (TPSA) is 50.7 Å². The molecule has 0 saturated heterocycles. The van der Waals surface area contributed by atoms with Gasteiger partial charge >= 0.3 is 0 Å². The molecule has 6 heteroatoms. The number of anilines is 1. The van der Waals surface area contributed by atoms with Gasteiger partial charge in [0.15, 0.2) is 17.1 Å². The van der Waals surface area contributed by atoms with Crippen LogP contribution in [-0.2, 0) is 5.60 Å². The molecule has 6 rings (SSSR count). The fourth-order valence-corrected chi connectivity index (χ4v) is 6.22. The number of ether oxygens (including phenoxy) is 2. The normalized spacial score (nSPS) is 20.7. The summed E-state index contributed by atoms with van der Waals surface area (Å²) >= 11 is 0. The monoisotopic (exact) mass is 525 g/mol. The Morgan fingerprint density at radius 2 is 1.64 bits per heavy atom. The standard InChI is InChI=1S/C33H29F2NO3/c1-18-19(2)32(3,4)36-25-12-11-24-29-27(14-13-26(37)31(29)38-5)39-33(30(24)28(18)25,20-9-7-6-8-10-20)21-15-22(34)17-23(35)16-21/h6-18,36-37H,2H2,1,3-5H3. The van der Waals surface area contributed by atoms with E-state index in [1.165, 1.54) is 25.3 Å². The zero-order valence-corrected chi connectivity index (χ0v) is 22.2. The van der Waals surface area contributed by atoms with E-state index in [1.807, 2.05) is 42.5 Å². The molecule has 0 fully saturated rings. The van der Waals surface area contributed by atoms with E-state index in [-0.39, 0.29) is 23.0 Å². The fourth-order valence-electron chi connectivity index (χ4n) is 6.22. The van der Waals surface area contributed by atoms with Crippen molar-refractivity contribution < 1.29 is 23.4 Å². The van der Waals surface area contributed by atoms with Gasteiger partial charge in [0.2, 0.25) is 0 Å². The SMILES string of the molecule is C=C1C(C)c2c(ccc3c2C(c2ccccc2)(c2cc(F)cc(F)c2)Oc2ccc(O)c(OC)c2-3)NC1(C)C. The zero-order chi connectivity index (χ0) is 27.7. The van der Waals surface area contributed by atoms with Gasteiger partial charge in [0.05, 0.1) is 18.2 Å². The number of phenols is 1.